The number of nitrogens with zero attached hydrogens (tertiary/aromatic N) is 1. The molecule has 1 heterocycles. The molecule has 3 nitrogen and oxygen atoms in total. The van der Waals surface area contributed by atoms with Crippen LogP contribution in [0.1, 0.15) is 5.56 Å². The van der Waals surface area contributed by atoms with E-state index in [-0.39, 0.29) is 0 Å². The molecular formula is C12H10Cl2N2O. The Morgan fingerprint density at radius 1 is 1.12 bits per heavy atom. The SMILES string of the molecule is Nc1cc(COc2ccc(Cl)c(Cl)c2)ccn1. The van der Waals surface area contributed by atoms with Gasteiger partial charge < -0.3 is 10.5 Å². The summed E-state index contributed by atoms with van der Waals surface area (Å²) in [5.41, 5.74) is 6.51. The second-order valence-electron chi connectivity index (χ2n) is 3.45. The number of hydrogen-bond acceptors (Lipinski definition) is 3. The smallest absolute Gasteiger partial charge is 0.123 e. The molecule has 0 radical (unpaired) electrons. The molecule has 0 atom stereocenters. The molecule has 2 rings (SSSR count). The zero-order chi connectivity index (χ0) is 12.3. The van der Waals surface area contributed by atoms with Crippen molar-refractivity contribution in [3.8, 4) is 5.75 Å². The number of rotatable bonds is 3. The number of benzene rings is 1. The number of hydrogen-bond donors (Lipinski definition) is 1. The van der Waals surface area contributed by atoms with Gasteiger partial charge in [-0.05, 0) is 29.8 Å². The normalized spacial score (nSPS) is 10.2. The van der Waals surface area contributed by atoms with Gasteiger partial charge in [0.05, 0.1) is 10.0 Å². The fraction of sp³-hybridized carbons (Fsp3) is 0.0833. The lowest BCUT2D eigenvalue weighted by atomic mass is 10.3. The summed E-state index contributed by atoms with van der Waals surface area (Å²) in [4.78, 5) is 3.90. The number of halogens is 2. The minimum Gasteiger partial charge on any atom is -0.489 e. The van der Waals surface area contributed by atoms with E-state index in [1.54, 1.807) is 30.5 Å². The monoisotopic (exact) mass is 268 g/mol. The third-order valence-corrected chi connectivity index (χ3v) is 2.88. The van der Waals surface area contributed by atoms with Crippen LogP contribution in [-0.4, -0.2) is 4.98 Å². The average Bonchev–Trinajstić information content (AvgIpc) is 2.31. The van der Waals surface area contributed by atoms with Crippen LogP contribution in [0.5, 0.6) is 5.75 Å². The van der Waals surface area contributed by atoms with E-state index in [2.05, 4.69) is 4.98 Å². The van der Waals surface area contributed by atoms with Gasteiger partial charge in [0, 0.05) is 12.3 Å². The van der Waals surface area contributed by atoms with E-state index in [9.17, 15) is 0 Å². The Morgan fingerprint density at radius 3 is 2.65 bits per heavy atom. The summed E-state index contributed by atoms with van der Waals surface area (Å²) in [6.07, 6.45) is 1.64. The van der Waals surface area contributed by atoms with Crippen molar-refractivity contribution in [2.24, 2.45) is 0 Å². The van der Waals surface area contributed by atoms with Gasteiger partial charge in [-0.1, -0.05) is 23.2 Å². The van der Waals surface area contributed by atoms with Crippen molar-refractivity contribution in [2.75, 3.05) is 5.73 Å². The Hall–Kier alpha value is -1.45. The van der Waals surface area contributed by atoms with Crippen molar-refractivity contribution in [1.82, 2.24) is 4.98 Å². The first-order chi connectivity index (χ1) is 8.15. The van der Waals surface area contributed by atoms with E-state index in [0.717, 1.165) is 5.56 Å². The molecule has 0 amide bonds. The summed E-state index contributed by atoms with van der Waals surface area (Å²) in [5.74, 6) is 1.13. The number of ether oxygens (including phenoxy) is 1. The highest BCUT2D eigenvalue weighted by molar-refractivity contribution is 6.42. The van der Waals surface area contributed by atoms with Crippen LogP contribution in [0.15, 0.2) is 36.5 Å². The lowest BCUT2D eigenvalue weighted by Gasteiger charge is -2.07. The quantitative estimate of drug-likeness (QED) is 0.926. The van der Waals surface area contributed by atoms with Crippen molar-refractivity contribution < 1.29 is 4.74 Å². The minimum absolute atomic E-state index is 0.407. The Bertz CT molecular complexity index is 532. The highest BCUT2D eigenvalue weighted by atomic mass is 35.5. The maximum atomic E-state index is 5.88. The third-order valence-electron chi connectivity index (χ3n) is 2.14. The second-order valence-corrected chi connectivity index (χ2v) is 4.27. The Balaban J connectivity index is 2.05. The highest BCUT2D eigenvalue weighted by Crippen LogP contribution is 2.26. The van der Waals surface area contributed by atoms with Gasteiger partial charge in [-0.3, -0.25) is 0 Å². The molecule has 2 aromatic rings. The maximum absolute atomic E-state index is 5.88. The van der Waals surface area contributed by atoms with Gasteiger partial charge in [0.15, 0.2) is 0 Å². The van der Waals surface area contributed by atoms with Crippen LogP contribution in [-0.2, 0) is 6.61 Å². The van der Waals surface area contributed by atoms with Gasteiger partial charge in [-0.25, -0.2) is 4.98 Å². The summed E-state index contributed by atoms with van der Waals surface area (Å²) in [5, 5.41) is 0.977. The number of aromatic nitrogens is 1. The van der Waals surface area contributed by atoms with Crippen molar-refractivity contribution >= 4 is 29.0 Å². The molecule has 5 heteroatoms. The van der Waals surface area contributed by atoms with Crippen LogP contribution in [0.4, 0.5) is 5.82 Å². The molecule has 0 aliphatic carbocycles. The fourth-order valence-corrected chi connectivity index (χ4v) is 1.61. The molecule has 88 valence electrons. The van der Waals surface area contributed by atoms with E-state index in [1.165, 1.54) is 0 Å². The van der Waals surface area contributed by atoms with Crippen LogP contribution >= 0.6 is 23.2 Å². The van der Waals surface area contributed by atoms with Gasteiger partial charge in [0.1, 0.15) is 18.2 Å². The zero-order valence-corrected chi connectivity index (χ0v) is 10.4. The summed E-state index contributed by atoms with van der Waals surface area (Å²) in [7, 11) is 0. The standard InChI is InChI=1S/C12H10Cl2N2O/c13-10-2-1-9(6-11(10)14)17-7-8-3-4-16-12(15)5-8/h1-6H,7H2,(H2,15,16). The first kappa shape index (κ1) is 12.0. The lowest BCUT2D eigenvalue weighted by Crippen LogP contribution is -1.97. The number of nitrogen functional groups attached to an aromatic ring is 1. The fourth-order valence-electron chi connectivity index (χ4n) is 1.32. The first-order valence-corrected chi connectivity index (χ1v) is 5.69. The third kappa shape index (κ3) is 3.25. The lowest BCUT2D eigenvalue weighted by molar-refractivity contribution is 0.306. The molecule has 17 heavy (non-hydrogen) atoms. The molecule has 0 unspecified atom stereocenters. The van der Waals surface area contributed by atoms with Crippen molar-refractivity contribution in [1.29, 1.82) is 0 Å². The number of nitrogens with two attached hydrogens (primary N) is 1. The molecule has 0 aliphatic heterocycles. The van der Waals surface area contributed by atoms with Crippen molar-refractivity contribution in [2.45, 2.75) is 6.61 Å². The summed E-state index contributed by atoms with van der Waals surface area (Å²) >= 11 is 11.7. The largest absolute Gasteiger partial charge is 0.489 e. The number of pyridine rings is 1. The van der Waals surface area contributed by atoms with Crippen LogP contribution < -0.4 is 10.5 Å². The molecule has 2 N–H and O–H groups in total. The van der Waals surface area contributed by atoms with Gasteiger partial charge in [-0.15, -0.1) is 0 Å². The van der Waals surface area contributed by atoms with Crippen LogP contribution in [0.2, 0.25) is 10.0 Å². The van der Waals surface area contributed by atoms with Gasteiger partial charge in [-0.2, -0.15) is 0 Å². The molecule has 0 saturated heterocycles. The van der Waals surface area contributed by atoms with E-state index < -0.39 is 0 Å². The second kappa shape index (κ2) is 5.25. The van der Waals surface area contributed by atoms with Crippen molar-refractivity contribution in [3.63, 3.8) is 0 Å². The van der Waals surface area contributed by atoms with E-state index >= 15 is 0 Å². The molecule has 0 aliphatic rings. The van der Waals surface area contributed by atoms with Gasteiger partial charge in [0.25, 0.3) is 0 Å². The highest BCUT2D eigenvalue weighted by Gasteiger charge is 2.01. The zero-order valence-electron chi connectivity index (χ0n) is 8.86. The van der Waals surface area contributed by atoms with E-state index in [0.29, 0.717) is 28.2 Å². The summed E-state index contributed by atoms with van der Waals surface area (Å²) in [6.45, 7) is 0.407. The van der Waals surface area contributed by atoms with Crippen molar-refractivity contribution in [3.05, 3.63) is 52.1 Å². The molecule has 0 fully saturated rings. The minimum atomic E-state index is 0.407. The predicted octanol–water partition coefficient (Wildman–Crippen LogP) is 3.55. The summed E-state index contributed by atoms with van der Waals surface area (Å²) in [6, 6.07) is 8.73. The number of anilines is 1. The van der Waals surface area contributed by atoms with Crippen LogP contribution in [0.3, 0.4) is 0 Å². The first-order valence-electron chi connectivity index (χ1n) is 4.93. The van der Waals surface area contributed by atoms with Crippen LogP contribution in [0.25, 0.3) is 0 Å². The van der Waals surface area contributed by atoms with Gasteiger partial charge in [0.2, 0.25) is 0 Å². The topological polar surface area (TPSA) is 48.1 Å². The Labute approximate surface area is 109 Å². The van der Waals surface area contributed by atoms with E-state index in [1.807, 2.05) is 6.07 Å². The predicted molar refractivity (Wildman–Crippen MR) is 69.4 cm³/mol. The molecule has 0 bridgehead atoms. The molecular weight excluding hydrogens is 259 g/mol. The van der Waals surface area contributed by atoms with E-state index in [4.69, 9.17) is 33.7 Å². The Kier molecular flexibility index (Phi) is 3.71. The maximum Gasteiger partial charge on any atom is 0.123 e. The average molecular weight is 269 g/mol. The molecule has 0 saturated carbocycles. The molecule has 0 spiro atoms. The Morgan fingerprint density at radius 2 is 1.94 bits per heavy atom. The molecule has 1 aromatic carbocycles. The van der Waals surface area contributed by atoms with Crippen LogP contribution in [0, 0.1) is 0 Å². The summed E-state index contributed by atoms with van der Waals surface area (Å²) < 4.78 is 5.56. The molecule has 1 aromatic heterocycles. The van der Waals surface area contributed by atoms with Gasteiger partial charge >= 0.3 is 0 Å².